The van der Waals surface area contributed by atoms with Gasteiger partial charge in [-0.1, -0.05) is 6.58 Å². The molecule has 1 N–H and O–H groups in total. The number of hydrogen-bond acceptors (Lipinski definition) is 4. The number of rotatable bonds is 5. The monoisotopic (exact) mass is 243 g/mol. The summed E-state index contributed by atoms with van der Waals surface area (Å²) >= 11 is 0. The normalized spacial score (nSPS) is 10.6. The lowest BCUT2D eigenvalue weighted by molar-refractivity contribution is -0.138. The first-order valence-corrected chi connectivity index (χ1v) is 5.58. The standard InChI is InChI=1S/C12H21NO4/c1-6-16-10(14)9(2)7-8-13-11(15)17-12(3,4)5/h2,6-8H2,1,3-5H3,(H,13,15). The van der Waals surface area contributed by atoms with E-state index < -0.39 is 17.7 Å². The summed E-state index contributed by atoms with van der Waals surface area (Å²) in [6.45, 7) is 11.3. The number of carbonyl (C=O) groups excluding carboxylic acids is 2. The van der Waals surface area contributed by atoms with Gasteiger partial charge in [0, 0.05) is 12.1 Å². The van der Waals surface area contributed by atoms with Crippen LogP contribution in [0.25, 0.3) is 0 Å². The lowest BCUT2D eigenvalue weighted by Crippen LogP contribution is -2.33. The zero-order valence-electron chi connectivity index (χ0n) is 11.0. The maximum atomic E-state index is 11.3. The van der Waals surface area contributed by atoms with Crippen molar-refractivity contribution in [3.05, 3.63) is 12.2 Å². The van der Waals surface area contributed by atoms with E-state index in [9.17, 15) is 9.59 Å². The van der Waals surface area contributed by atoms with Crippen molar-refractivity contribution in [1.82, 2.24) is 5.32 Å². The van der Waals surface area contributed by atoms with Gasteiger partial charge < -0.3 is 14.8 Å². The van der Waals surface area contributed by atoms with Gasteiger partial charge in [-0.05, 0) is 34.1 Å². The fourth-order valence-corrected chi connectivity index (χ4v) is 0.965. The molecule has 0 rings (SSSR count). The van der Waals surface area contributed by atoms with Gasteiger partial charge in [0.1, 0.15) is 5.60 Å². The first-order valence-electron chi connectivity index (χ1n) is 5.58. The molecule has 5 nitrogen and oxygen atoms in total. The van der Waals surface area contributed by atoms with E-state index in [1.54, 1.807) is 27.7 Å². The smallest absolute Gasteiger partial charge is 0.407 e. The second-order valence-corrected chi connectivity index (χ2v) is 4.50. The summed E-state index contributed by atoms with van der Waals surface area (Å²) in [6, 6.07) is 0. The van der Waals surface area contributed by atoms with Crippen molar-refractivity contribution >= 4 is 12.1 Å². The molecular formula is C12H21NO4. The minimum atomic E-state index is -0.526. The van der Waals surface area contributed by atoms with Crippen LogP contribution in [0.3, 0.4) is 0 Å². The summed E-state index contributed by atoms with van der Waals surface area (Å²) in [6.07, 6.45) is -0.160. The summed E-state index contributed by atoms with van der Waals surface area (Å²) < 4.78 is 9.79. The molecule has 0 unspecified atom stereocenters. The fraction of sp³-hybridized carbons (Fsp3) is 0.667. The first kappa shape index (κ1) is 15.5. The zero-order valence-corrected chi connectivity index (χ0v) is 11.0. The molecule has 0 saturated heterocycles. The molecule has 0 aromatic carbocycles. The molecule has 5 heteroatoms. The molecule has 0 aliphatic rings. The summed E-state index contributed by atoms with van der Waals surface area (Å²) in [4.78, 5) is 22.4. The van der Waals surface area contributed by atoms with Crippen LogP contribution in [0.15, 0.2) is 12.2 Å². The topological polar surface area (TPSA) is 64.6 Å². The predicted octanol–water partition coefficient (Wildman–Crippen LogP) is 2.02. The van der Waals surface area contributed by atoms with Gasteiger partial charge >= 0.3 is 12.1 Å². The van der Waals surface area contributed by atoms with Crippen molar-refractivity contribution in [3.63, 3.8) is 0 Å². The molecule has 0 spiro atoms. The van der Waals surface area contributed by atoms with Gasteiger partial charge in [0.15, 0.2) is 0 Å². The van der Waals surface area contributed by atoms with Crippen LogP contribution >= 0.6 is 0 Å². The molecule has 0 aliphatic carbocycles. The van der Waals surface area contributed by atoms with Crippen LogP contribution in [0.5, 0.6) is 0 Å². The van der Waals surface area contributed by atoms with Crippen LogP contribution in [0.2, 0.25) is 0 Å². The minimum absolute atomic E-state index is 0.298. The number of esters is 1. The van der Waals surface area contributed by atoms with E-state index in [-0.39, 0.29) is 0 Å². The average molecular weight is 243 g/mol. The number of carbonyl (C=O) groups is 2. The molecule has 1 amide bonds. The fourth-order valence-electron chi connectivity index (χ4n) is 0.965. The highest BCUT2D eigenvalue weighted by Gasteiger charge is 2.16. The number of ether oxygens (including phenoxy) is 2. The summed E-state index contributed by atoms with van der Waals surface area (Å²) in [5, 5.41) is 2.54. The van der Waals surface area contributed by atoms with Crippen molar-refractivity contribution in [1.29, 1.82) is 0 Å². The predicted molar refractivity (Wildman–Crippen MR) is 64.6 cm³/mol. The van der Waals surface area contributed by atoms with Crippen LogP contribution in [0, 0.1) is 0 Å². The third-order valence-corrected chi connectivity index (χ3v) is 1.66. The molecule has 17 heavy (non-hydrogen) atoms. The third-order valence-electron chi connectivity index (χ3n) is 1.66. The maximum absolute atomic E-state index is 11.3. The van der Waals surface area contributed by atoms with Crippen LogP contribution < -0.4 is 5.32 Å². The van der Waals surface area contributed by atoms with E-state index in [0.29, 0.717) is 25.1 Å². The van der Waals surface area contributed by atoms with Gasteiger partial charge in [-0.3, -0.25) is 0 Å². The van der Waals surface area contributed by atoms with Gasteiger partial charge in [0.2, 0.25) is 0 Å². The summed E-state index contributed by atoms with van der Waals surface area (Å²) in [5.41, 5.74) is -0.190. The molecular weight excluding hydrogens is 222 g/mol. The van der Waals surface area contributed by atoms with Gasteiger partial charge in [0.25, 0.3) is 0 Å². The molecule has 0 aliphatic heterocycles. The molecule has 0 aromatic rings. The lowest BCUT2D eigenvalue weighted by atomic mass is 10.2. The minimum Gasteiger partial charge on any atom is -0.463 e. The second-order valence-electron chi connectivity index (χ2n) is 4.50. The Morgan fingerprint density at radius 3 is 2.35 bits per heavy atom. The Balaban J connectivity index is 3.81. The number of alkyl carbamates (subject to hydrolysis) is 1. The lowest BCUT2D eigenvalue weighted by Gasteiger charge is -2.19. The zero-order chi connectivity index (χ0) is 13.5. The number of nitrogens with one attached hydrogen (secondary N) is 1. The highest BCUT2D eigenvalue weighted by molar-refractivity contribution is 5.87. The average Bonchev–Trinajstić information content (AvgIpc) is 2.14. The Bertz CT molecular complexity index is 291. The highest BCUT2D eigenvalue weighted by atomic mass is 16.6. The Morgan fingerprint density at radius 1 is 1.29 bits per heavy atom. The maximum Gasteiger partial charge on any atom is 0.407 e. The van der Waals surface area contributed by atoms with Crippen molar-refractivity contribution in [3.8, 4) is 0 Å². The van der Waals surface area contributed by atoms with E-state index in [1.807, 2.05) is 0 Å². The van der Waals surface area contributed by atoms with E-state index in [4.69, 9.17) is 9.47 Å². The van der Waals surface area contributed by atoms with Crippen molar-refractivity contribution < 1.29 is 19.1 Å². The van der Waals surface area contributed by atoms with E-state index in [1.165, 1.54) is 0 Å². The Morgan fingerprint density at radius 2 is 1.88 bits per heavy atom. The van der Waals surface area contributed by atoms with Crippen LogP contribution in [-0.4, -0.2) is 30.8 Å². The van der Waals surface area contributed by atoms with Crippen LogP contribution in [-0.2, 0) is 14.3 Å². The molecule has 0 atom stereocenters. The van der Waals surface area contributed by atoms with E-state index in [0.717, 1.165) is 0 Å². The van der Waals surface area contributed by atoms with Crippen molar-refractivity contribution in [2.75, 3.05) is 13.2 Å². The van der Waals surface area contributed by atoms with Gasteiger partial charge in [-0.25, -0.2) is 9.59 Å². The number of amides is 1. The Hall–Kier alpha value is -1.52. The summed E-state index contributed by atoms with van der Waals surface area (Å²) in [5.74, 6) is -0.432. The number of hydrogen-bond donors (Lipinski definition) is 1. The van der Waals surface area contributed by atoms with Gasteiger partial charge in [-0.2, -0.15) is 0 Å². The van der Waals surface area contributed by atoms with E-state index in [2.05, 4.69) is 11.9 Å². The quantitative estimate of drug-likeness (QED) is 0.592. The first-order chi connectivity index (χ1) is 7.76. The Labute approximate surface area is 102 Å². The van der Waals surface area contributed by atoms with Crippen LogP contribution in [0.4, 0.5) is 4.79 Å². The van der Waals surface area contributed by atoms with Crippen molar-refractivity contribution in [2.24, 2.45) is 0 Å². The molecule has 0 bridgehead atoms. The van der Waals surface area contributed by atoms with Gasteiger partial charge in [0.05, 0.1) is 6.61 Å². The molecule has 98 valence electrons. The summed E-state index contributed by atoms with van der Waals surface area (Å²) in [7, 11) is 0. The van der Waals surface area contributed by atoms with E-state index >= 15 is 0 Å². The Kier molecular flexibility index (Phi) is 6.31. The molecule has 0 heterocycles. The molecule has 0 aromatic heterocycles. The SMILES string of the molecule is C=C(CCNC(=O)OC(C)(C)C)C(=O)OCC. The van der Waals surface area contributed by atoms with Crippen LogP contribution in [0.1, 0.15) is 34.1 Å². The largest absolute Gasteiger partial charge is 0.463 e. The van der Waals surface area contributed by atoms with Gasteiger partial charge in [-0.15, -0.1) is 0 Å². The molecule has 0 fully saturated rings. The third kappa shape index (κ3) is 8.30. The molecule has 0 saturated carbocycles. The van der Waals surface area contributed by atoms with Crippen molar-refractivity contribution in [2.45, 2.75) is 39.7 Å². The molecule has 0 radical (unpaired) electrons. The second kappa shape index (κ2) is 6.93. The highest BCUT2D eigenvalue weighted by Crippen LogP contribution is 2.06.